The van der Waals surface area contributed by atoms with E-state index in [2.05, 4.69) is 5.32 Å². The van der Waals surface area contributed by atoms with Crippen LogP contribution in [-0.2, 0) is 60.6 Å². The van der Waals surface area contributed by atoms with Gasteiger partial charge in [0.05, 0.1) is 81.2 Å². The smallest absolute Gasteiger partial charge is 0.432 e. The Morgan fingerprint density at radius 3 is 1.93 bits per heavy atom. The summed E-state index contributed by atoms with van der Waals surface area (Å²) in [7, 11) is 1.57. The minimum Gasteiger partial charge on any atom is -0.432 e. The number of amides is 2. The van der Waals surface area contributed by atoms with Crippen molar-refractivity contribution in [1.82, 2.24) is 10.2 Å². The maximum absolute atomic E-state index is 13.9. The first-order valence-corrected chi connectivity index (χ1v) is 17.8. The molecule has 2 aliphatic rings. The van der Waals surface area contributed by atoms with Crippen LogP contribution in [0, 0.1) is 0 Å². The number of carbonyl (C=O) groups is 3. The molecule has 4 rings (SSSR count). The molecular weight excluding hydrogens is 762 g/mol. The third-order valence-corrected chi connectivity index (χ3v) is 9.40. The third kappa shape index (κ3) is 12.7. The molecular formula is C37H46F6N2O11. The van der Waals surface area contributed by atoms with Gasteiger partial charge in [-0.25, -0.2) is 9.59 Å². The van der Waals surface area contributed by atoms with Crippen molar-refractivity contribution in [2.24, 2.45) is 0 Å². The molecule has 13 nitrogen and oxygen atoms in total. The van der Waals surface area contributed by atoms with Crippen LogP contribution in [-0.4, -0.2) is 109 Å². The highest BCUT2D eigenvalue weighted by Gasteiger charge is 2.54. The number of piperidine rings is 1. The van der Waals surface area contributed by atoms with Crippen molar-refractivity contribution < 1.29 is 78.6 Å². The topological polar surface area (TPSA) is 140 Å². The summed E-state index contributed by atoms with van der Waals surface area (Å²) in [6.45, 7) is 2.01. The van der Waals surface area contributed by atoms with Crippen molar-refractivity contribution >= 4 is 18.2 Å². The largest absolute Gasteiger partial charge is 0.511 e. The lowest BCUT2D eigenvalue weighted by Crippen LogP contribution is -2.65. The molecule has 1 N–H and O–H groups in total. The Kier molecular flexibility index (Phi) is 16.2. The first-order chi connectivity index (χ1) is 26.6. The van der Waals surface area contributed by atoms with Gasteiger partial charge in [-0.15, -0.1) is 0 Å². The van der Waals surface area contributed by atoms with Gasteiger partial charge in [-0.3, -0.25) is 9.69 Å². The fourth-order valence-corrected chi connectivity index (χ4v) is 6.40. The van der Waals surface area contributed by atoms with Gasteiger partial charge in [0.1, 0.15) is 6.61 Å². The van der Waals surface area contributed by atoms with Gasteiger partial charge in [-0.2, -0.15) is 26.3 Å². The van der Waals surface area contributed by atoms with Gasteiger partial charge >= 0.3 is 24.6 Å². The quantitative estimate of drug-likeness (QED) is 0.0732. The lowest BCUT2D eigenvalue weighted by atomic mass is 9.74. The summed E-state index contributed by atoms with van der Waals surface area (Å²) in [5, 5.41) is 2.93. The second-order valence-corrected chi connectivity index (χ2v) is 13.2. The first-order valence-electron chi connectivity index (χ1n) is 17.8. The summed E-state index contributed by atoms with van der Waals surface area (Å²) in [4.78, 5) is 39.7. The standard InChI is InChI=1S/C37H46F6N2O11/c1-26(27-20-29(36(38,39)40)22-30(21-27)37(41,42)43)54-24-35(28-6-4-3-5-7-28)11-10-34(9-8-31(46)44-34)23-45(35)32(47)55-25-56-33(48)53-19-18-52-17-16-51-15-14-50-13-12-49-2/h3-7,20-22,26H,8-19,23-25H2,1-2H3,(H,44,46)/t26-,34-,35-/m1/s1. The van der Waals surface area contributed by atoms with E-state index < -0.39 is 66.3 Å². The van der Waals surface area contributed by atoms with Crippen LogP contribution >= 0.6 is 0 Å². The van der Waals surface area contributed by atoms with E-state index in [0.29, 0.717) is 57.0 Å². The summed E-state index contributed by atoms with van der Waals surface area (Å²) >= 11 is 0. The van der Waals surface area contributed by atoms with Crippen LogP contribution in [0.2, 0.25) is 0 Å². The van der Waals surface area contributed by atoms with Crippen molar-refractivity contribution in [3.8, 4) is 0 Å². The average Bonchev–Trinajstić information content (AvgIpc) is 3.53. The van der Waals surface area contributed by atoms with Crippen LogP contribution in [0.25, 0.3) is 0 Å². The van der Waals surface area contributed by atoms with E-state index in [1.807, 2.05) is 0 Å². The fraction of sp³-hybridized carbons (Fsp3) is 0.595. The first kappa shape index (κ1) is 44.5. The second-order valence-electron chi connectivity index (χ2n) is 13.2. The summed E-state index contributed by atoms with van der Waals surface area (Å²) in [6.07, 6.45) is -12.5. The lowest BCUT2D eigenvalue weighted by molar-refractivity contribution is -0.143. The van der Waals surface area contributed by atoms with E-state index in [-0.39, 0.29) is 63.4 Å². The van der Waals surface area contributed by atoms with E-state index >= 15 is 0 Å². The van der Waals surface area contributed by atoms with E-state index in [1.165, 1.54) is 11.8 Å². The van der Waals surface area contributed by atoms with Gasteiger partial charge in [0, 0.05) is 20.1 Å². The Balaban J connectivity index is 1.41. The highest BCUT2D eigenvalue weighted by atomic mass is 19.4. The third-order valence-electron chi connectivity index (χ3n) is 9.40. The Labute approximate surface area is 319 Å². The van der Waals surface area contributed by atoms with Crippen LogP contribution in [0.5, 0.6) is 0 Å². The van der Waals surface area contributed by atoms with E-state index in [1.54, 1.807) is 37.4 Å². The minimum absolute atomic E-state index is 0.0280. The zero-order valence-electron chi connectivity index (χ0n) is 31.0. The van der Waals surface area contributed by atoms with Crippen LogP contribution in [0.4, 0.5) is 35.9 Å². The normalized spacial score (nSPS) is 20.5. The maximum Gasteiger partial charge on any atom is 0.511 e. The van der Waals surface area contributed by atoms with Gasteiger partial charge in [0.2, 0.25) is 12.7 Å². The number of benzene rings is 2. The highest BCUT2D eigenvalue weighted by Crippen LogP contribution is 2.45. The molecule has 312 valence electrons. The summed E-state index contributed by atoms with van der Waals surface area (Å²) < 4.78 is 124. The van der Waals surface area contributed by atoms with Gasteiger partial charge in [0.25, 0.3) is 0 Å². The molecule has 0 bridgehead atoms. The molecule has 0 saturated carbocycles. The van der Waals surface area contributed by atoms with Crippen molar-refractivity contribution in [1.29, 1.82) is 0 Å². The zero-order chi connectivity index (χ0) is 40.8. The van der Waals surface area contributed by atoms with Gasteiger partial charge in [-0.05, 0) is 55.5 Å². The predicted molar refractivity (Wildman–Crippen MR) is 183 cm³/mol. The van der Waals surface area contributed by atoms with Crippen LogP contribution < -0.4 is 5.32 Å². The Morgan fingerprint density at radius 1 is 0.786 bits per heavy atom. The summed E-state index contributed by atoms with van der Waals surface area (Å²) in [5.41, 5.74) is -5.10. The zero-order valence-corrected chi connectivity index (χ0v) is 31.0. The molecule has 2 aliphatic heterocycles. The molecule has 2 saturated heterocycles. The number of ether oxygens (including phenoxy) is 8. The summed E-state index contributed by atoms with van der Waals surface area (Å²) in [6, 6.07) is 9.67. The Morgan fingerprint density at radius 2 is 1.38 bits per heavy atom. The van der Waals surface area contributed by atoms with E-state index in [0.717, 1.165) is 0 Å². The number of methoxy groups -OCH3 is 1. The van der Waals surface area contributed by atoms with E-state index in [4.69, 9.17) is 37.9 Å². The number of carbonyl (C=O) groups excluding carboxylic acids is 3. The Bertz CT molecular complexity index is 1550. The van der Waals surface area contributed by atoms with Gasteiger partial charge in [-0.1, -0.05) is 30.3 Å². The van der Waals surface area contributed by atoms with Crippen molar-refractivity contribution in [2.75, 3.05) is 79.9 Å². The van der Waals surface area contributed by atoms with Crippen LogP contribution in [0.3, 0.4) is 0 Å². The monoisotopic (exact) mass is 808 g/mol. The Hall–Kier alpha value is -4.17. The summed E-state index contributed by atoms with van der Waals surface area (Å²) in [5.74, 6) is -0.230. The maximum atomic E-state index is 13.9. The molecule has 2 amide bonds. The molecule has 0 aromatic heterocycles. The SMILES string of the molecule is COCCOCCOCCOCCOC(=O)OCOC(=O)N1C[C@@]2(CCC(=O)N2)CC[C@@]1(CO[C@H](C)c1cc(C(F)(F)F)cc(C(F)(F)F)c1)c1ccccc1. The highest BCUT2D eigenvalue weighted by molar-refractivity contribution is 5.80. The molecule has 2 heterocycles. The average molecular weight is 809 g/mol. The van der Waals surface area contributed by atoms with E-state index in [9.17, 15) is 40.7 Å². The molecule has 0 radical (unpaired) electrons. The number of hydrogen-bond acceptors (Lipinski definition) is 11. The minimum atomic E-state index is -5.07. The van der Waals surface area contributed by atoms with Crippen LogP contribution in [0.1, 0.15) is 61.0 Å². The fourth-order valence-electron chi connectivity index (χ4n) is 6.40. The molecule has 0 unspecified atom stereocenters. The number of halogens is 6. The molecule has 56 heavy (non-hydrogen) atoms. The van der Waals surface area contributed by atoms with Crippen molar-refractivity contribution in [2.45, 2.75) is 62.1 Å². The molecule has 3 atom stereocenters. The predicted octanol–water partition coefficient (Wildman–Crippen LogP) is 6.39. The van der Waals surface area contributed by atoms with Gasteiger partial charge in [0.15, 0.2) is 0 Å². The number of hydrogen-bond donors (Lipinski definition) is 1. The molecule has 2 aromatic rings. The number of alkyl halides is 6. The number of nitrogens with one attached hydrogen (secondary N) is 1. The number of rotatable bonds is 19. The molecule has 19 heteroatoms. The van der Waals surface area contributed by atoms with Crippen molar-refractivity contribution in [3.63, 3.8) is 0 Å². The van der Waals surface area contributed by atoms with Gasteiger partial charge < -0.3 is 43.2 Å². The van der Waals surface area contributed by atoms with Crippen molar-refractivity contribution in [3.05, 3.63) is 70.8 Å². The molecule has 2 aromatic carbocycles. The molecule has 0 aliphatic carbocycles. The molecule has 2 fully saturated rings. The molecule has 1 spiro atoms. The second kappa shape index (κ2) is 20.3. The number of nitrogens with zero attached hydrogens (tertiary/aromatic N) is 1. The lowest BCUT2D eigenvalue weighted by Gasteiger charge is -2.52. The van der Waals surface area contributed by atoms with Crippen LogP contribution in [0.15, 0.2) is 48.5 Å². The number of likely N-dealkylation sites (tertiary alicyclic amines) is 1.